The molecule has 86 valence electrons. The lowest BCUT2D eigenvalue weighted by Crippen LogP contribution is -2.17. The van der Waals surface area contributed by atoms with Gasteiger partial charge < -0.3 is 15.2 Å². The molecule has 0 heterocycles. The van der Waals surface area contributed by atoms with Gasteiger partial charge in [0, 0.05) is 16.4 Å². The van der Waals surface area contributed by atoms with Gasteiger partial charge in [0.15, 0.2) is 0 Å². The quantitative estimate of drug-likeness (QED) is 0.819. The van der Waals surface area contributed by atoms with Gasteiger partial charge in [-0.05, 0) is 40.8 Å². The summed E-state index contributed by atoms with van der Waals surface area (Å²) in [4.78, 5) is 22.0. The molecule has 0 aliphatic rings. The summed E-state index contributed by atoms with van der Waals surface area (Å²) < 4.78 is 5.39. The molecule has 0 aliphatic heterocycles. The highest BCUT2D eigenvalue weighted by molar-refractivity contribution is 14.1. The number of aromatic carboxylic acids is 1. The molecule has 0 unspecified atom stereocenters. The minimum absolute atomic E-state index is 0.0616. The zero-order valence-electron chi connectivity index (χ0n) is 8.49. The number of hydrogen-bond acceptors (Lipinski definition) is 3. The highest BCUT2D eigenvalue weighted by atomic mass is 127. The van der Waals surface area contributed by atoms with E-state index in [1.54, 1.807) is 6.07 Å². The molecule has 5 nitrogen and oxygen atoms in total. The topological polar surface area (TPSA) is 75.6 Å². The molecule has 0 aromatic heterocycles. The first-order chi connectivity index (χ1) is 7.52. The van der Waals surface area contributed by atoms with E-state index in [4.69, 9.17) is 5.11 Å². The van der Waals surface area contributed by atoms with Gasteiger partial charge in [-0.15, -0.1) is 0 Å². The maximum Gasteiger partial charge on any atom is 0.335 e. The van der Waals surface area contributed by atoms with E-state index >= 15 is 0 Å². The molecule has 0 spiro atoms. The lowest BCUT2D eigenvalue weighted by atomic mass is 10.2. The van der Waals surface area contributed by atoms with E-state index in [1.165, 1.54) is 19.2 Å². The summed E-state index contributed by atoms with van der Waals surface area (Å²) in [7, 11) is 1.41. The Labute approximate surface area is 106 Å². The highest BCUT2D eigenvalue weighted by Gasteiger charge is 2.08. The van der Waals surface area contributed by atoms with Gasteiger partial charge in [0.05, 0.1) is 5.56 Å². The van der Waals surface area contributed by atoms with Crippen molar-refractivity contribution in [2.24, 2.45) is 0 Å². The molecule has 1 rings (SSSR count). The molecule has 0 saturated heterocycles. The summed E-state index contributed by atoms with van der Waals surface area (Å²) in [6, 6.07) is 4.60. The highest BCUT2D eigenvalue weighted by Crippen LogP contribution is 2.16. The predicted octanol–water partition coefficient (Wildman–Crippen LogP) is 1.57. The average molecular weight is 335 g/mol. The van der Waals surface area contributed by atoms with E-state index in [9.17, 15) is 9.59 Å². The minimum atomic E-state index is -1.03. The number of carbonyl (C=O) groups excluding carboxylic acids is 1. The van der Waals surface area contributed by atoms with Crippen molar-refractivity contribution in [3.8, 4) is 0 Å². The molecule has 16 heavy (non-hydrogen) atoms. The number of carbonyl (C=O) groups is 2. The number of amides is 1. The number of halogens is 1. The Morgan fingerprint density at radius 2 is 2.12 bits per heavy atom. The fourth-order valence-corrected chi connectivity index (χ4v) is 1.78. The third kappa shape index (κ3) is 3.78. The SMILES string of the molecule is COCC(=O)Nc1cc(I)cc(C(=O)O)c1. The lowest BCUT2D eigenvalue weighted by molar-refractivity contribution is -0.119. The van der Waals surface area contributed by atoms with Gasteiger partial charge in [-0.2, -0.15) is 0 Å². The molecular weight excluding hydrogens is 325 g/mol. The van der Waals surface area contributed by atoms with E-state index in [2.05, 4.69) is 10.1 Å². The molecule has 0 atom stereocenters. The molecule has 1 amide bonds. The van der Waals surface area contributed by atoms with E-state index < -0.39 is 5.97 Å². The van der Waals surface area contributed by atoms with Crippen LogP contribution in [0.3, 0.4) is 0 Å². The van der Waals surface area contributed by atoms with Crippen molar-refractivity contribution in [2.45, 2.75) is 0 Å². The van der Waals surface area contributed by atoms with Gasteiger partial charge in [-0.1, -0.05) is 0 Å². The number of anilines is 1. The fourth-order valence-electron chi connectivity index (χ4n) is 1.11. The van der Waals surface area contributed by atoms with Gasteiger partial charge in [-0.25, -0.2) is 4.79 Å². The minimum Gasteiger partial charge on any atom is -0.478 e. The van der Waals surface area contributed by atoms with Crippen molar-refractivity contribution in [3.05, 3.63) is 27.3 Å². The number of ether oxygens (including phenoxy) is 1. The largest absolute Gasteiger partial charge is 0.478 e. The normalized spacial score (nSPS) is 9.88. The van der Waals surface area contributed by atoms with E-state index in [0.29, 0.717) is 5.69 Å². The number of benzene rings is 1. The standard InChI is InChI=1S/C10H10INO4/c1-16-5-9(13)12-8-3-6(10(14)15)2-7(11)4-8/h2-4H,5H2,1H3,(H,12,13)(H,14,15). The first-order valence-corrected chi connectivity index (χ1v) is 5.43. The van der Waals surface area contributed by atoms with Crippen LogP contribution in [0, 0.1) is 3.57 Å². The summed E-state index contributed by atoms with van der Waals surface area (Å²) >= 11 is 1.99. The third-order valence-corrected chi connectivity index (χ3v) is 2.33. The number of carboxylic acids is 1. The fraction of sp³-hybridized carbons (Fsp3) is 0.200. The average Bonchev–Trinajstić information content (AvgIpc) is 2.16. The molecule has 0 radical (unpaired) electrons. The Morgan fingerprint density at radius 1 is 1.44 bits per heavy atom. The van der Waals surface area contributed by atoms with Crippen molar-refractivity contribution in [2.75, 3.05) is 19.0 Å². The summed E-state index contributed by atoms with van der Waals surface area (Å²) in [5, 5.41) is 11.4. The Kier molecular flexibility index (Phi) is 4.69. The second kappa shape index (κ2) is 5.80. The number of carboxylic acid groups (broad SMARTS) is 1. The zero-order valence-corrected chi connectivity index (χ0v) is 10.6. The molecule has 0 aliphatic carbocycles. The van der Waals surface area contributed by atoms with Crippen molar-refractivity contribution < 1.29 is 19.4 Å². The van der Waals surface area contributed by atoms with Crippen LogP contribution in [0.15, 0.2) is 18.2 Å². The van der Waals surface area contributed by atoms with Crippen LogP contribution >= 0.6 is 22.6 Å². The van der Waals surface area contributed by atoms with Crippen LogP contribution in [-0.2, 0) is 9.53 Å². The number of hydrogen-bond donors (Lipinski definition) is 2. The molecule has 0 fully saturated rings. The van der Waals surface area contributed by atoms with Crippen LogP contribution in [0.25, 0.3) is 0 Å². The van der Waals surface area contributed by atoms with Crippen molar-refractivity contribution in [3.63, 3.8) is 0 Å². The zero-order chi connectivity index (χ0) is 12.1. The Bertz CT molecular complexity index is 419. The van der Waals surface area contributed by atoms with Crippen molar-refractivity contribution in [1.82, 2.24) is 0 Å². The van der Waals surface area contributed by atoms with Crippen LogP contribution in [0.1, 0.15) is 10.4 Å². The second-order valence-electron chi connectivity index (χ2n) is 3.01. The third-order valence-electron chi connectivity index (χ3n) is 1.70. The molecule has 2 N–H and O–H groups in total. The Balaban J connectivity index is 2.88. The molecule has 0 bridgehead atoms. The summed E-state index contributed by atoms with van der Waals surface area (Å²) in [6.45, 7) is -0.0616. The summed E-state index contributed by atoms with van der Waals surface area (Å²) in [5.74, 6) is -1.35. The smallest absolute Gasteiger partial charge is 0.335 e. The Morgan fingerprint density at radius 3 is 2.69 bits per heavy atom. The van der Waals surface area contributed by atoms with E-state index in [0.717, 1.165) is 3.57 Å². The van der Waals surface area contributed by atoms with Crippen molar-refractivity contribution in [1.29, 1.82) is 0 Å². The molecular formula is C10H10INO4. The van der Waals surface area contributed by atoms with Crippen LogP contribution in [-0.4, -0.2) is 30.7 Å². The van der Waals surface area contributed by atoms with E-state index in [1.807, 2.05) is 22.6 Å². The number of rotatable bonds is 4. The lowest BCUT2D eigenvalue weighted by Gasteiger charge is -2.06. The maximum atomic E-state index is 11.2. The second-order valence-corrected chi connectivity index (χ2v) is 4.26. The monoisotopic (exact) mass is 335 g/mol. The van der Waals surface area contributed by atoms with Crippen molar-refractivity contribution >= 4 is 40.2 Å². The number of methoxy groups -OCH3 is 1. The first-order valence-electron chi connectivity index (χ1n) is 4.35. The number of nitrogens with one attached hydrogen (secondary N) is 1. The molecule has 1 aromatic carbocycles. The predicted molar refractivity (Wildman–Crippen MR) is 66.6 cm³/mol. The first kappa shape index (κ1) is 12.9. The van der Waals surface area contributed by atoms with Crippen LogP contribution in [0.5, 0.6) is 0 Å². The van der Waals surface area contributed by atoms with Gasteiger partial charge in [-0.3, -0.25) is 4.79 Å². The summed E-state index contributed by atoms with van der Waals surface area (Å²) in [6.07, 6.45) is 0. The Hall–Kier alpha value is -1.15. The van der Waals surface area contributed by atoms with Gasteiger partial charge >= 0.3 is 5.97 Å². The van der Waals surface area contributed by atoms with Gasteiger partial charge in [0.1, 0.15) is 6.61 Å². The van der Waals surface area contributed by atoms with Gasteiger partial charge in [0.2, 0.25) is 5.91 Å². The maximum absolute atomic E-state index is 11.2. The molecule has 0 saturated carbocycles. The molecule has 6 heteroatoms. The van der Waals surface area contributed by atoms with Crippen LogP contribution in [0.4, 0.5) is 5.69 Å². The van der Waals surface area contributed by atoms with Crippen LogP contribution in [0.2, 0.25) is 0 Å². The van der Waals surface area contributed by atoms with E-state index in [-0.39, 0.29) is 18.1 Å². The van der Waals surface area contributed by atoms with Crippen LogP contribution < -0.4 is 5.32 Å². The molecule has 1 aromatic rings. The van der Waals surface area contributed by atoms with Gasteiger partial charge in [0.25, 0.3) is 0 Å². The summed E-state index contributed by atoms with van der Waals surface area (Å²) in [5.41, 5.74) is 0.589.